The monoisotopic (exact) mass is 573 g/mol. The molecule has 12 nitrogen and oxygen atoms in total. The standard InChI is InChI=1S/C29H43N5O7/c1-5-19(4)26-29(40)34-15-21(35)14-23(34)28(39)31-22(13-20-9-7-6-8-10-20)27(38)30-11-12-33(16-24(36)32-26)25(37)17-41-18(2)3/h6-10,18-19,21-23,26,35H,5,11-17H2,1-4H3,(H,30,38)(H,31,39)(H,32,36)/t19-,21+,22-,23-,26-/m0/s1. The van der Waals surface area contributed by atoms with Crippen molar-refractivity contribution in [2.75, 3.05) is 32.8 Å². The van der Waals surface area contributed by atoms with E-state index >= 15 is 0 Å². The van der Waals surface area contributed by atoms with E-state index in [1.807, 2.05) is 44.2 Å². The van der Waals surface area contributed by atoms with Crippen LogP contribution in [0.25, 0.3) is 0 Å². The number of hydrogen-bond donors (Lipinski definition) is 4. The minimum Gasteiger partial charge on any atom is -0.391 e. The molecule has 0 unspecified atom stereocenters. The zero-order valence-corrected chi connectivity index (χ0v) is 24.3. The molecule has 0 spiro atoms. The number of carbonyl (C=O) groups is 5. The number of hydrogen-bond acceptors (Lipinski definition) is 7. The third-order valence-corrected chi connectivity index (χ3v) is 7.48. The maximum Gasteiger partial charge on any atom is 0.249 e. The van der Waals surface area contributed by atoms with E-state index in [1.54, 1.807) is 13.8 Å². The molecule has 0 saturated carbocycles. The SMILES string of the molecule is CC[C@H](C)[C@@H]1NC(=O)CN(C(=O)COC(C)C)CCNC(=O)[C@H](Cc2ccccc2)NC(=O)[C@@H]2C[C@@H](O)CN2C1=O. The van der Waals surface area contributed by atoms with Crippen molar-refractivity contribution in [2.24, 2.45) is 5.92 Å². The van der Waals surface area contributed by atoms with Crippen LogP contribution in [0.5, 0.6) is 0 Å². The van der Waals surface area contributed by atoms with E-state index in [9.17, 15) is 29.1 Å². The molecular formula is C29H43N5O7. The molecule has 0 aromatic heterocycles. The predicted molar refractivity (Wildman–Crippen MR) is 150 cm³/mol. The Hall–Kier alpha value is -3.51. The van der Waals surface area contributed by atoms with E-state index in [2.05, 4.69) is 16.0 Å². The average Bonchev–Trinajstić information content (AvgIpc) is 3.34. The topological polar surface area (TPSA) is 157 Å². The molecule has 4 N–H and O–H groups in total. The van der Waals surface area contributed by atoms with Gasteiger partial charge in [-0.25, -0.2) is 0 Å². The van der Waals surface area contributed by atoms with E-state index in [4.69, 9.17) is 4.74 Å². The molecule has 2 heterocycles. The Morgan fingerprint density at radius 1 is 1.07 bits per heavy atom. The van der Waals surface area contributed by atoms with Crippen molar-refractivity contribution in [1.29, 1.82) is 0 Å². The van der Waals surface area contributed by atoms with Crippen LogP contribution in [0.3, 0.4) is 0 Å². The number of carbonyl (C=O) groups excluding carboxylic acids is 5. The van der Waals surface area contributed by atoms with E-state index in [0.29, 0.717) is 6.42 Å². The Labute approximate surface area is 241 Å². The van der Waals surface area contributed by atoms with Crippen molar-refractivity contribution in [3.05, 3.63) is 35.9 Å². The van der Waals surface area contributed by atoms with E-state index < -0.39 is 53.8 Å². The summed E-state index contributed by atoms with van der Waals surface area (Å²) in [4.78, 5) is 69.2. The van der Waals surface area contributed by atoms with Crippen molar-refractivity contribution < 1.29 is 33.8 Å². The molecule has 5 amide bonds. The van der Waals surface area contributed by atoms with Gasteiger partial charge in [-0.3, -0.25) is 24.0 Å². The summed E-state index contributed by atoms with van der Waals surface area (Å²) in [6.45, 7) is 6.67. The largest absolute Gasteiger partial charge is 0.391 e. The van der Waals surface area contributed by atoms with Crippen LogP contribution >= 0.6 is 0 Å². The summed E-state index contributed by atoms with van der Waals surface area (Å²) >= 11 is 0. The fraction of sp³-hybridized carbons (Fsp3) is 0.621. The Morgan fingerprint density at radius 3 is 2.44 bits per heavy atom. The highest BCUT2D eigenvalue weighted by Crippen LogP contribution is 2.22. The van der Waals surface area contributed by atoms with Gasteiger partial charge in [0.15, 0.2) is 0 Å². The second kappa shape index (κ2) is 14.9. The summed E-state index contributed by atoms with van der Waals surface area (Å²) in [5.74, 6) is -2.80. The molecule has 41 heavy (non-hydrogen) atoms. The van der Waals surface area contributed by atoms with Gasteiger partial charge in [0.2, 0.25) is 29.5 Å². The van der Waals surface area contributed by atoms with Gasteiger partial charge in [-0.15, -0.1) is 0 Å². The zero-order valence-electron chi connectivity index (χ0n) is 24.3. The number of rotatable bonds is 7. The van der Waals surface area contributed by atoms with Crippen LogP contribution in [0.15, 0.2) is 30.3 Å². The molecule has 0 bridgehead atoms. The molecule has 1 aromatic carbocycles. The van der Waals surface area contributed by atoms with Crippen molar-refractivity contribution in [3.63, 3.8) is 0 Å². The van der Waals surface area contributed by atoms with Gasteiger partial charge in [0.05, 0.1) is 18.8 Å². The Balaban J connectivity index is 1.94. The highest BCUT2D eigenvalue weighted by Gasteiger charge is 2.43. The minimum atomic E-state index is -1.01. The first-order valence-electron chi connectivity index (χ1n) is 14.3. The highest BCUT2D eigenvalue weighted by atomic mass is 16.5. The number of ether oxygens (including phenoxy) is 1. The number of nitrogens with zero attached hydrogens (tertiary/aromatic N) is 2. The number of aliphatic hydroxyl groups excluding tert-OH is 1. The second-order valence-electron chi connectivity index (χ2n) is 11.0. The lowest BCUT2D eigenvalue weighted by Gasteiger charge is -2.32. The zero-order chi connectivity index (χ0) is 30.1. The third-order valence-electron chi connectivity index (χ3n) is 7.48. The molecule has 5 atom stereocenters. The molecule has 1 aromatic rings. The van der Waals surface area contributed by atoms with Gasteiger partial charge in [-0.2, -0.15) is 0 Å². The van der Waals surface area contributed by atoms with Crippen LogP contribution in [-0.4, -0.2) is 108 Å². The third kappa shape index (κ3) is 8.99. The summed E-state index contributed by atoms with van der Waals surface area (Å²) in [5.41, 5.74) is 0.819. The molecule has 0 radical (unpaired) electrons. The van der Waals surface area contributed by atoms with Gasteiger partial charge in [0.25, 0.3) is 0 Å². The summed E-state index contributed by atoms with van der Waals surface area (Å²) in [5, 5.41) is 18.8. The van der Waals surface area contributed by atoms with E-state index in [1.165, 1.54) is 9.80 Å². The first-order chi connectivity index (χ1) is 19.5. The molecule has 0 aliphatic carbocycles. The number of amides is 5. The van der Waals surface area contributed by atoms with Gasteiger partial charge in [0, 0.05) is 32.5 Å². The fourth-order valence-corrected chi connectivity index (χ4v) is 4.95. The Morgan fingerprint density at radius 2 is 1.78 bits per heavy atom. The Kier molecular flexibility index (Phi) is 11.7. The number of nitrogens with one attached hydrogen (secondary N) is 3. The average molecular weight is 574 g/mol. The van der Waals surface area contributed by atoms with Crippen molar-refractivity contribution in [1.82, 2.24) is 25.8 Å². The minimum absolute atomic E-state index is 0.0105. The molecule has 2 saturated heterocycles. The molecule has 3 rings (SSSR count). The second-order valence-corrected chi connectivity index (χ2v) is 11.0. The summed E-state index contributed by atoms with van der Waals surface area (Å²) in [7, 11) is 0. The molecule has 226 valence electrons. The lowest BCUT2D eigenvalue weighted by molar-refractivity contribution is -0.144. The predicted octanol–water partition coefficient (Wildman–Crippen LogP) is -0.410. The smallest absolute Gasteiger partial charge is 0.249 e. The molecule has 12 heteroatoms. The van der Waals surface area contributed by atoms with Crippen molar-refractivity contribution in [3.8, 4) is 0 Å². The molecular weight excluding hydrogens is 530 g/mol. The number of fused-ring (bicyclic) bond motifs is 1. The van der Waals surface area contributed by atoms with Gasteiger partial charge in [-0.1, -0.05) is 50.6 Å². The number of benzene rings is 1. The maximum absolute atomic E-state index is 13.8. The van der Waals surface area contributed by atoms with Crippen LogP contribution in [0.2, 0.25) is 0 Å². The quantitative estimate of drug-likeness (QED) is 0.345. The summed E-state index contributed by atoms with van der Waals surface area (Å²) < 4.78 is 5.44. The summed E-state index contributed by atoms with van der Waals surface area (Å²) in [6, 6.07) is 6.24. The van der Waals surface area contributed by atoms with E-state index in [-0.39, 0.29) is 57.6 Å². The number of aliphatic hydroxyl groups is 1. The molecule has 2 aliphatic rings. The molecule has 2 fully saturated rings. The fourth-order valence-electron chi connectivity index (χ4n) is 4.95. The van der Waals surface area contributed by atoms with Crippen LogP contribution in [-0.2, 0) is 35.1 Å². The highest BCUT2D eigenvalue weighted by molar-refractivity contribution is 5.95. The lowest BCUT2D eigenvalue weighted by Crippen LogP contribution is -2.58. The van der Waals surface area contributed by atoms with Gasteiger partial charge >= 0.3 is 0 Å². The maximum atomic E-state index is 13.8. The van der Waals surface area contributed by atoms with Crippen LogP contribution in [0.4, 0.5) is 0 Å². The first-order valence-corrected chi connectivity index (χ1v) is 14.3. The summed E-state index contributed by atoms with van der Waals surface area (Å²) in [6.07, 6.45) is -0.364. The lowest BCUT2D eigenvalue weighted by atomic mass is 9.97. The normalized spacial score (nSPS) is 25.5. The van der Waals surface area contributed by atoms with Crippen LogP contribution in [0.1, 0.15) is 46.1 Å². The van der Waals surface area contributed by atoms with Crippen molar-refractivity contribution in [2.45, 2.75) is 77.3 Å². The Bertz CT molecular complexity index is 1080. The van der Waals surface area contributed by atoms with Gasteiger partial charge in [0.1, 0.15) is 24.7 Å². The van der Waals surface area contributed by atoms with Gasteiger partial charge in [-0.05, 0) is 25.3 Å². The first kappa shape index (κ1) is 32.0. The molecule has 2 aliphatic heterocycles. The van der Waals surface area contributed by atoms with Crippen LogP contribution < -0.4 is 16.0 Å². The van der Waals surface area contributed by atoms with E-state index in [0.717, 1.165) is 5.56 Å². The van der Waals surface area contributed by atoms with Gasteiger partial charge < -0.3 is 35.6 Å². The van der Waals surface area contributed by atoms with Crippen molar-refractivity contribution >= 4 is 29.5 Å². The van der Waals surface area contributed by atoms with Crippen LogP contribution in [0, 0.1) is 5.92 Å².